The van der Waals surface area contributed by atoms with Gasteiger partial charge in [-0.15, -0.1) is 0 Å². The number of rotatable bonds is 4. The maximum absolute atomic E-state index is 11.2. The number of hydrogen-bond acceptors (Lipinski definition) is 4. The van der Waals surface area contributed by atoms with Crippen LogP contribution in [0.15, 0.2) is 0 Å². The summed E-state index contributed by atoms with van der Waals surface area (Å²) in [5, 5.41) is 4.88. The second-order valence-corrected chi connectivity index (χ2v) is 5.20. The summed E-state index contributed by atoms with van der Waals surface area (Å²) < 4.78 is 0. The zero-order valence-corrected chi connectivity index (χ0v) is 10.2. The Balaban J connectivity index is 3.72. The average molecular weight is 233 g/mol. The van der Waals surface area contributed by atoms with Crippen LogP contribution in [-0.2, 0) is 4.79 Å². The molecule has 0 unspecified atom stereocenters. The van der Waals surface area contributed by atoms with Gasteiger partial charge in [0.05, 0.1) is 5.75 Å². The molecule has 0 aromatic rings. The van der Waals surface area contributed by atoms with Gasteiger partial charge in [-0.05, 0) is 20.8 Å². The van der Waals surface area contributed by atoms with Gasteiger partial charge >= 0.3 is 6.03 Å². The summed E-state index contributed by atoms with van der Waals surface area (Å²) in [5.41, 5.74) is 4.93. The number of hydrogen-bond donors (Lipinski definition) is 3. The zero-order chi connectivity index (χ0) is 11.9. The lowest BCUT2D eigenvalue weighted by Gasteiger charge is -2.20. The molecule has 0 fully saturated rings. The Labute approximate surface area is 94.5 Å². The predicted octanol–water partition coefficient (Wildman–Crippen LogP) is 0.303. The van der Waals surface area contributed by atoms with Gasteiger partial charge in [0.2, 0.25) is 5.91 Å². The maximum atomic E-state index is 11.2. The van der Waals surface area contributed by atoms with Crippen LogP contribution < -0.4 is 16.4 Å². The maximum Gasteiger partial charge on any atom is 0.321 e. The van der Waals surface area contributed by atoms with E-state index in [1.54, 1.807) is 0 Å². The number of thioether (sulfide) groups is 1. The highest BCUT2D eigenvalue weighted by Gasteiger charge is 2.15. The van der Waals surface area contributed by atoms with Gasteiger partial charge in [0.1, 0.15) is 0 Å². The van der Waals surface area contributed by atoms with E-state index in [4.69, 9.17) is 5.73 Å². The number of carbonyl (C=O) groups is 2. The van der Waals surface area contributed by atoms with Crippen LogP contribution in [-0.4, -0.2) is 35.5 Å². The summed E-state index contributed by atoms with van der Waals surface area (Å²) in [6, 6.07) is -0.458. The third-order valence-electron chi connectivity index (χ3n) is 1.24. The van der Waals surface area contributed by atoms with Crippen molar-refractivity contribution < 1.29 is 9.59 Å². The van der Waals surface area contributed by atoms with Crippen molar-refractivity contribution in [2.45, 2.75) is 26.3 Å². The minimum Gasteiger partial charge on any atom is -0.333 e. The lowest BCUT2D eigenvalue weighted by molar-refractivity contribution is -0.117. The summed E-state index contributed by atoms with van der Waals surface area (Å²) >= 11 is 1.40. The molecule has 0 aromatic carbocycles. The average Bonchev–Trinajstić information content (AvgIpc) is 2.00. The lowest BCUT2D eigenvalue weighted by Crippen LogP contribution is -2.48. The molecule has 0 heterocycles. The molecule has 0 aromatic heterocycles. The van der Waals surface area contributed by atoms with Gasteiger partial charge in [-0.3, -0.25) is 10.1 Å². The van der Waals surface area contributed by atoms with E-state index in [1.165, 1.54) is 11.8 Å². The Morgan fingerprint density at radius 1 is 1.33 bits per heavy atom. The van der Waals surface area contributed by atoms with E-state index in [0.717, 1.165) is 0 Å². The standard InChI is InChI=1S/C9H19N3O2S/c1-9(2,3)12-8(14)11-7(13)6-15-5-4-10/h4-6,10H2,1-3H3,(H2,11,12,13,14). The van der Waals surface area contributed by atoms with E-state index >= 15 is 0 Å². The summed E-state index contributed by atoms with van der Waals surface area (Å²) in [4.78, 5) is 22.4. The number of amides is 3. The molecule has 88 valence electrons. The van der Waals surface area contributed by atoms with E-state index in [9.17, 15) is 9.59 Å². The first-order chi connectivity index (χ1) is 6.85. The molecule has 15 heavy (non-hydrogen) atoms. The highest BCUT2D eigenvalue weighted by Crippen LogP contribution is 1.99. The van der Waals surface area contributed by atoms with E-state index in [2.05, 4.69) is 10.6 Å². The number of nitrogens with one attached hydrogen (secondary N) is 2. The Hall–Kier alpha value is -0.750. The van der Waals surface area contributed by atoms with Crippen molar-refractivity contribution in [3.63, 3.8) is 0 Å². The molecule has 3 amide bonds. The lowest BCUT2D eigenvalue weighted by atomic mass is 10.1. The van der Waals surface area contributed by atoms with Crippen LogP contribution in [0.1, 0.15) is 20.8 Å². The molecule has 0 atom stereocenters. The molecular weight excluding hydrogens is 214 g/mol. The van der Waals surface area contributed by atoms with Crippen molar-refractivity contribution in [3.05, 3.63) is 0 Å². The highest BCUT2D eigenvalue weighted by molar-refractivity contribution is 7.99. The molecule has 0 saturated carbocycles. The van der Waals surface area contributed by atoms with E-state index in [0.29, 0.717) is 12.3 Å². The monoisotopic (exact) mass is 233 g/mol. The summed E-state index contributed by atoms with van der Waals surface area (Å²) in [6.07, 6.45) is 0. The van der Waals surface area contributed by atoms with Gasteiger partial charge in [0, 0.05) is 17.8 Å². The van der Waals surface area contributed by atoms with Crippen LogP contribution in [0, 0.1) is 0 Å². The van der Waals surface area contributed by atoms with Gasteiger partial charge in [0.15, 0.2) is 0 Å². The molecule has 4 N–H and O–H groups in total. The Kier molecular flexibility index (Phi) is 6.35. The molecule has 5 nitrogen and oxygen atoms in total. The van der Waals surface area contributed by atoms with Crippen LogP contribution in [0.25, 0.3) is 0 Å². The smallest absolute Gasteiger partial charge is 0.321 e. The fourth-order valence-electron chi connectivity index (χ4n) is 0.783. The first kappa shape index (κ1) is 14.2. The SMILES string of the molecule is CC(C)(C)NC(=O)NC(=O)CSCCN. The van der Waals surface area contributed by atoms with E-state index < -0.39 is 6.03 Å². The topological polar surface area (TPSA) is 84.2 Å². The number of urea groups is 1. The van der Waals surface area contributed by atoms with E-state index in [-0.39, 0.29) is 17.2 Å². The Bertz CT molecular complexity index is 226. The molecule has 6 heteroatoms. The molecular formula is C9H19N3O2S. The summed E-state index contributed by atoms with van der Waals surface area (Å²) in [7, 11) is 0. The first-order valence-electron chi connectivity index (χ1n) is 4.75. The van der Waals surface area contributed by atoms with Gasteiger partial charge in [-0.25, -0.2) is 4.79 Å². The van der Waals surface area contributed by atoms with Crippen LogP contribution in [0.5, 0.6) is 0 Å². The summed E-state index contributed by atoms with van der Waals surface area (Å²) in [5.74, 6) is 0.679. The van der Waals surface area contributed by atoms with Crippen LogP contribution in [0.2, 0.25) is 0 Å². The molecule has 0 rings (SSSR count). The molecule has 0 bridgehead atoms. The molecule has 0 aliphatic heterocycles. The number of carbonyl (C=O) groups excluding carboxylic acids is 2. The van der Waals surface area contributed by atoms with E-state index in [1.807, 2.05) is 20.8 Å². The summed E-state index contributed by atoms with van der Waals surface area (Å²) in [6.45, 7) is 6.08. The molecule has 0 radical (unpaired) electrons. The molecule has 0 saturated heterocycles. The van der Waals surface area contributed by atoms with Gasteiger partial charge in [-0.1, -0.05) is 0 Å². The van der Waals surface area contributed by atoms with Crippen LogP contribution in [0.4, 0.5) is 4.79 Å². The number of nitrogens with two attached hydrogens (primary N) is 1. The van der Waals surface area contributed by atoms with Crippen molar-refractivity contribution >= 4 is 23.7 Å². The van der Waals surface area contributed by atoms with Crippen molar-refractivity contribution in [1.29, 1.82) is 0 Å². The predicted molar refractivity (Wildman–Crippen MR) is 62.8 cm³/mol. The normalized spacial score (nSPS) is 10.9. The highest BCUT2D eigenvalue weighted by atomic mass is 32.2. The Morgan fingerprint density at radius 2 is 1.93 bits per heavy atom. The minimum absolute atomic E-state index is 0.259. The van der Waals surface area contributed by atoms with Gasteiger partial charge in [-0.2, -0.15) is 11.8 Å². The third-order valence-corrected chi connectivity index (χ3v) is 2.23. The molecule has 0 spiro atoms. The Morgan fingerprint density at radius 3 is 2.40 bits per heavy atom. The zero-order valence-electron chi connectivity index (χ0n) is 9.42. The first-order valence-corrected chi connectivity index (χ1v) is 5.90. The largest absolute Gasteiger partial charge is 0.333 e. The minimum atomic E-state index is -0.458. The van der Waals surface area contributed by atoms with Crippen molar-refractivity contribution in [3.8, 4) is 0 Å². The van der Waals surface area contributed by atoms with Crippen LogP contribution in [0.3, 0.4) is 0 Å². The van der Waals surface area contributed by atoms with Gasteiger partial charge in [0.25, 0.3) is 0 Å². The van der Waals surface area contributed by atoms with Crippen molar-refractivity contribution in [2.24, 2.45) is 5.73 Å². The second-order valence-electron chi connectivity index (χ2n) is 4.09. The quantitative estimate of drug-likeness (QED) is 0.610. The second kappa shape index (κ2) is 6.68. The van der Waals surface area contributed by atoms with Crippen LogP contribution >= 0.6 is 11.8 Å². The molecule has 0 aliphatic carbocycles. The number of imide groups is 1. The van der Waals surface area contributed by atoms with Crippen molar-refractivity contribution in [1.82, 2.24) is 10.6 Å². The van der Waals surface area contributed by atoms with Gasteiger partial charge < -0.3 is 11.1 Å². The third kappa shape index (κ3) is 9.55. The fourth-order valence-corrected chi connectivity index (χ4v) is 1.35. The fraction of sp³-hybridized carbons (Fsp3) is 0.778. The molecule has 0 aliphatic rings. The van der Waals surface area contributed by atoms with Crippen molar-refractivity contribution in [2.75, 3.05) is 18.1 Å².